The van der Waals surface area contributed by atoms with E-state index in [0.29, 0.717) is 17.7 Å². The molecule has 1 rings (SSSR count). The maximum Gasteiger partial charge on any atom is 0.224 e. The maximum absolute atomic E-state index is 13.8. The van der Waals surface area contributed by atoms with Crippen LogP contribution in [0.5, 0.6) is 0 Å². The molecular formula is C14H20FNO. The Morgan fingerprint density at radius 3 is 2.53 bits per heavy atom. The van der Waals surface area contributed by atoms with Crippen molar-refractivity contribution in [2.45, 2.75) is 46.0 Å². The molecule has 0 bridgehead atoms. The first kappa shape index (κ1) is 13.7. The van der Waals surface area contributed by atoms with Crippen LogP contribution in [-0.2, 0) is 10.2 Å². The van der Waals surface area contributed by atoms with E-state index >= 15 is 0 Å². The van der Waals surface area contributed by atoms with Gasteiger partial charge in [0.15, 0.2) is 0 Å². The van der Waals surface area contributed by atoms with Crippen molar-refractivity contribution in [1.82, 2.24) is 0 Å². The average Bonchev–Trinajstić information content (AvgIpc) is 2.15. The van der Waals surface area contributed by atoms with Crippen molar-refractivity contribution in [3.05, 3.63) is 29.6 Å². The fraction of sp³-hybridized carbons (Fsp3) is 0.500. The Morgan fingerprint density at radius 2 is 2.00 bits per heavy atom. The summed E-state index contributed by atoms with van der Waals surface area (Å²) in [6, 6.07) is 4.79. The van der Waals surface area contributed by atoms with E-state index in [-0.39, 0.29) is 17.1 Å². The standard InChI is InChI=1S/C14H20FNO/c1-5-7-12(17)16-11-9-6-8-10(15)13(11)14(2,3)4/h6,8-9H,5,7H2,1-4H3,(H,16,17). The van der Waals surface area contributed by atoms with E-state index in [1.54, 1.807) is 12.1 Å². The van der Waals surface area contributed by atoms with Crippen LogP contribution in [0, 0.1) is 5.82 Å². The molecule has 0 fully saturated rings. The third-order valence-corrected chi connectivity index (χ3v) is 2.51. The molecule has 3 heteroatoms. The zero-order valence-corrected chi connectivity index (χ0v) is 10.9. The van der Waals surface area contributed by atoms with Crippen molar-refractivity contribution in [2.24, 2.45) is 0 Å². The van der Waals surface area contributed by atoms with E-state index in [0.717, 1.165) is 6.42 Å². The van der Waals surface area contributed by atoms with Gasteiger partial charge in [0.1, 0.15) is 5.82 Å². The number of halogens is 1. The molecule has 94 valence electrons. The SMILES string of the molecule is CCCC(=O)Nc1cccc(F)c1C(C)(C)C. The Balaban J connectivity index is 3.08. The first-order valence-electron chi connectivity index (χ1n) is 5.95. The molecule has 0 aliphatic carbocycles. The van der Waals surface area contributed by atoms with Gasteiger partial charge in [-0.05, 0) is 24.0 Å². The Labute approximate surface area is 102 Å². The number of amides is 1. The van der Waals surface area contributed by atoms with E-state index in [1.165, 1.54) is 6.07 Å². The van der Waals surface area contributed by atoms with Gasteiger partial charge < -0.3 is 5.32 Å². The quantitative estimate of drug-likeness (QED) is 0.849. The normalized spacial score (nSPS) is 11.4. The zero-order valence-electron chi connectivity index (χ0n) is 10.9. The zero-order chi connectivity index (χ0) is 13.1. The maximum atomic E-state index is 13.8. The number of carbonyl (C=O) groups is 1. The molecule has 1 aromatic carbocycles. The first-order valence-corrected chi connectivity index (χ1v) is 5.95. The number of nitrogens with one attached hydrogen (secondary N) is 1. The second kappa shape index (κ2) is 5.30. The molecular weight excluding hydrogens is 217 g/mol. The molecule has 1 amide bonds. The summed E-state index contributed by atoms with van der Waals surface area (Å²) in [5.74, 6) is -0.338. The molecule has 0 unspecified atom stereocenters. The van der Waals surface area contributed by atoms with E-state index in [9.17, 15) is 9.18 Å². The van der Waals surface area contributed by atoms with Gasteiger partial charge >= 0.3 is 0 Å². The van der Waals surface area contributed by atoms with E-state index < -0.39 is 0 Å². The number of rotatable bonds is 3. The van der Waals surface area contributed by atoms with Gasteiger partial charge in [-0.15, -0.1) is 0 Å². The second-order valence-corrected chi connectivity index (χ2v) is 5.21. The minimum absolute atomic E-state index is 0.0661. The molecule has 0 spiro atoms. The fourth-order valence-electron chi connectivity index (χ4n) is 1.83. The number of hydrogen-bond donors (Lipinski definition) is 1. The molecule has 0 saturated carbocycles. The summed E-state index contributed by atoms with van der Waals surface area (Å²) in [7, 11) is 0. The van der Waals surface area contributed by atoms with Gasteiger partial charge in [0.2, 0.25) is 5.91 Å². The minimum Gasteiger partial charge on any atom is -0.326 e. The van der Waals surface area contributed by atoms with Crippen LogP contribution in [0.25, 0.3) is 0 Å². The summed E-state index contributed by atoms with van der Waals surface area (Å²) in [6.45, 7) is 7.73. The highest BCUT2D eigenvalue weighted by Crippen LogP contribution is 2.31. The predicted molar refractivity (Wildman–Crippen MR) is 68.6 cm³/mol. The van der Waals surface area contributed by atoms with Crippen molar-refractivity contribution in [2.75, 3.05) is 5.32 Å². The molecule has 17 heavy (non-hydrogen) atoms. The lowest BCUT2D eigenvalue weighted by atomic mass is 9.85. The summed E-state index contributed by atoms with van der Waals surface area (Å²) in [5.41, 5.74) is 0.806. The lowest BCUT2D eigenvalue weighted by Gasteiger charge is -2.23. The first-order chi connectivity index (χ1) is 7.86. The highest BCUT2D eigenvalue weighted by atomic mass is 19.1. The topological polar surface area (TPSA) is 29.1 Å². The Kier molecular flexibility index (Phi) is 4.27. The summed E-state index contributed by atoms with van der Waals surface area (Å²) in [6.07, 6.45) is 1.24. The lowest BCUT2D eigenvalue weighted by Crippen LogP contribution is -2.20. The Hall–Kier alpha value is -1.38. The van der Waals surface area contributed by atoms with Crippen LogP contribution in [-0.4, -0.2) is 5.91 Å². The van der Waals surface area contributed by atoms with Gasteiger partial charge in [-0.3, -0.25) is 4.79 Å². The number of anilines is 1. The molecule has 0 aliphatic rings. The number of carbonyl (C=O) groups excluding carboxylic acids is 1. The van der Waals surface area contributed by atoms with Gasteiger partial charge in [-0.2, -0.15) is 0 Å². The average molecular weight is 237 g/mol. The van der Waals surface area contributed by atoms with Crippen LogP contribution in [0.3, 0.4) is 0 Å². The molecule has 2 nitrogen and oxygen atoms in total. The highest BCUT2D eigenvalue weighted by Gasteiger charge is 2.22. The van der Waals surface area contributed by atoms with Crippen LogP contribution in [0.1, 0.15) is 46.1 Å². The van der Waals surface area contributed by atoms with Crippen LogP contribution in [0.15, 0.2) is 18.2 Å². The molecule has 0 atom stereocenters. The second-order valence-electron chi connectivity index (χ2n) is 5.21. The van der Waals surface area contributed by atoms with E-state index in [2.05, 4.69) is 5.32 Å². The number of hydrogen-bond acceptors (Lipinski definition) is 1. The van der Waals surface area contributed by atoms with Crippen LogP contribution < -0.4 is 5.32 Å². The molecule has 1 aromatic rings. The monoisotopic (exact) mass is 237 g/mol. The molecule has 0 aromatic heterocycles. The van der Waals surface area contributed by atoms with Gasteiger partial charge in [-0.25, -0.2) is 4.39 Å². The predicted octanol–water partition coefficient (Wildman–Crippen LogP) is 3.86. The molecule has 0 heterocycles. The third-order valence-electron chi connectivity index (χ3n) is 2.51. The van der Waals surface area contributed by atoms with Crippen molar-refractivity contribution in [3.63, 3.8) is 0 Å². The summed E-state index contributed by atoms with van der Waals surface area (Å²) >= 11 is 0. The Bertz CT molecular complexity index is 407. The molecule has 0 aliphatic heterocycles. The minimum atomic E-state index is -0.333. The van der Waals surface area contributed by atoms with Gasteiger partial charge in [0, 0.05) is 17.7 Å². The summed E-state index contributed by atoms with van der Waals surface area (Å²) in [5, 5.41) is 2.78. The summed E-state index contributed by atoms with van der Waals surface area (Å²) in [4.78, 5) is 11.6. The van der Waals surface area contributed by atoms with Crippen LogP contribution >= 0.6 is 0 Å². The fourth-order valence-corrected chi connectivity index (χ4v) is 1.83. The molecule has 1 N–H and O–H groups in total. The van der Waals surface area contributed by atoms with E-state index in [1.807, 2.05) is 27.7 Å². The third kappa shape index (κ3) is 3.55. The molecule has 0 radical (unpaired) electrons. The highest BCUT2D eigenvalue weighted by molar-refractivity contribution is 5.91. The van der Waals surface area contributed by atoms with Crippen molar-refractivity contribution < 1.29 is 9.18 Å². The van der Waals surface area contributed by atoms with Crippen molar-refractivity contribution in [1.29, 1.82) is 0 Å². The van der Waals surface area contributed by atoms with Gasteiger partial charge in [-0.1, -0.05) is 33.8 Å². The summed E-state index contributed by atoms with van der Waals surface area (Å²) < 4.78 is 13.8. The lowest BCUT2D eigenvalue weighted by molar-refractivity contribution is -0.116. The molecule has 0 saturated heterocycles. The van der Waals surface area contributed by atoms with E-state index in [4.69, 9.17) is 0 Å². The van der Waals surface area contributed by atoms with Crippen molar-refractivity contribution in [3.8, 4) is 0 Å². The Morgan fingerprint density at radius 1 is 1.35 bits per heavy atom. The smallest absolute Gasteiger partial charge is 0.224 e. The number of benzene rings is 1. The van der Waals surface area contributed by atoms with Gasteiger partial charge in [0.25, 0.3) is 0 Å². The van der Waals surface area contributed by atoms with Crippen LogP contribution in [0.4, 0.5) is 10.1 Å². The van der Waals surface area contributed by atoms with Crippen LogP contribution in [0.2, 0.25) is 0 Å². The van der Waals surface area contributed by atoms with Gasteiger partial charge in [0.05, 0.1) is 0 Å². The van der Waals surface area contributed by atoms with Crippen molar-refractivity contribution >= 4 is 11.6 Å². The largest absolute Gasteiger partial charge is 0.326 e.